The second kappa shape index (κ2) is 26.7. The second-order valence-electron chi connectivity index (χ2n) is 19.4. The van der Waals surface area contributed by atoms with Gasteiger partial charge in [0.15, 0.2) is 0 Å². The summed E-state index contributed by atoms with van der Waals surface area (Å²) >= 11 is 0. The fraction of sp³-hybridized carbons (Fsp3) is 0.309. The molecular formula is C55H60F6N16O7. The molecule has 2 aromatic carbocycles. The number of piperazine rings is 2. The van der Waals surface area contributed by atoms with E-state index in [1.165, 1.54) is 57.8 Å². The number of carbonyl (C=O) groups is 4. The van der Waals surface area contributed by atoms with Gasteiger partial charge in [0.2, 0.25) is 29.6 Å². The number of pyridine rings is 2. The van der Waals surface area contributed by atoms with Gasteiger partial charge in [0, 0.05) is 107 Å². The van der Waals surface area contributed by atoms with E-state index in [-0.39, 0.29) is 35.3 Å². The standard InChI is InChI=1S/C29H33F3N8O4.C26H27F3N8O3/c1-6-24(41)35-18-8-7-9-19(14-18)36-25-20(29(30,31)32)16-34-26(38-25)37-21-17-33-23(15-22(21)43-5)39-10-12-40(13-11-39)27(42)44-28(2,3)4;1-4-23(39)32-17-6-5-7-18(12-17)33-24-19(26(27,28)29)14-31-25(35-24)34-20-15-30-22(13-21(20)40-3)37-10-8-36(9-11-37)16(2)38/h6-9,14-17H,1,10-13H2,2-5H3,(H,35,41)(H2,34,36,37,38);4-7,12-15H,1,8-11H2,2-3H3,(H,32,39)(H2,31,33,34,35). The Bertz CT molecular complexity index is 3370. The highest BCUT2D eigenvalue weighted by Crippen LogP contribution is 2.39. The largest absolute Gasteiger partial charge is 0.494 e. The number of ether oxygens (including phenoxy) is 3. The first-order chi connectivity index (χ1) is 39.8. The van der Waals surface area contributed by atoms with Crippen LogP contribution >= 0.6 is 0 Å². The molecule has 0 spiro atoms. The summed E-state index contributed by atoms with van der Waals surface area (Å²) in [5.41, 5.74) is -0.884. The highest BCUT2D eigenvalue weighted by molar-refractivity contribution is 6.00. The molecule has 2 fully saturated rings. The molecule has 0 atom stereocenters. The number of nitrogens with zero attached hydrogens (tertiary/aromatic N) is 10. The van der Waals surface area contributed by atoms with Gasteiger partial charge in [-0.25, -0.2) is 24.7 Å². The molecule has 29 heteroatoms. The lowest BCUT2D eigenvalue weighted by Gasteiger charge is -2.36. The van der Waals surface area contributed by atoms with E-state index in [0.29, 0.717) is 111 Å². The number of benzene rings is 2. The highest BCUT2D eigenvalue weighted by atomic mass is 19.4. The van der Waals surface area contributed by atoms with Crippen LogP contribution in [-0.2, 0) is 31.5 Å². The minimum atomic E-state index is -4.75. The topological polar surface area (TPSA) is 258 Å². The summed E-state index contributed by atoms with van der Waals surface area (Å²) in [5.74, 6) is -0.238. The summed E-state index contributed by atoms with van der Waals surface area (Å²) in [6, 6.07) is 15.6. The normalized spacial score (nSPS) is 13.5. The molecule has 2 aliphatic heterocycles. The van der Waals surface area contributed by atoms with Crippen molar-refractivity contribution in [3.63, 3.8) is 0 Å². The quantitative estimate of drug-likeness (QED) is 0.0389. The van der Waals surface area contributed by atoms with Crippen LogP contribution in [0.3, 0.4) is 0 Å². The summed E-state index contributed by atoms with van der Waals surface area (Å²) in [4.78, 5) is 79.4. The van der Waals surface area contributed by atoms with Gasteiger partial charge in [-0.05, 0) is 69.3 Å². The average Bonchev–Trinajstić information content (AvgIpc) is 3.39. The Morgan fingerprint density at radius 1 is 0.548 bits per heavy atom. The number of nitrogens with one attached hydrogen (secondary N) is 6. The fourth-order valence-corrected chi connectivity index (χ4v) is 8.16. The maximum absolute atomic E-state index is 13.8. The number of hydrogen-bond acceptors (Lipinski definition) is 19. The lowest BCUT2D eigenvalue weighted by molar-refractivity contribution is -0.138. The second-order valence-corrected chi connectivity index (χ2v) is 19.4. The Labute approximate surface area is 478 Å². The van der Waals surface area contributed by atoms with Crippen molar-refractivity contribution in [3.8, 4) is 11.5 Å². The van der Waals surface area contributed by atoms with Gasteiger partial charge in [-0.1, -0.05) is 25.3 Å². The van der Waals surface area contributed by atoms with Crippen molar-refractivity contribution in [2.24, 2.45) is 0 Å². The zero-order valence-electron chi connectivity index (χ0n) is 46.4. The van der Waals surface area contributed by atoms with E-state index < -0.39 is 52.5 Å². The third-order valence-electron chi connectivity index (χ3n) is 12.3. The van der Waals surface area contributed by atoms with Gasteiger partial charge < -0.3 is 65.7 Å². The molecule has 2 aliphatic rings. The average molecular weight is 1170 g/mol. The predicted octanol–water partition coefficient (Wildman–Crippen LogP) is 9.75. The van der Waals surface area contributed by atoms with Gasteiger partial charge in [-0.3, -0.25) is 14.4 Å². The number of carbonyl (C=O) groups excluding carboxylic acids is 4. The van der Waals surface area contributed by atoms with Crippen LogP contribution in [0, 0.1) is 0 Å². The first-order valence-electron chi connectivity index (χ1n) is 25.7. The van der Waals surface area contributed by atoms with Crippen LogP contribution in [0.2, 0.25) is 0 Å². The van der Waals surface area contributed by atoms with Crippen molar-refractivity contribution < 1.29 is 59.7 Å². The Morgan fingerprint density at radius 3 is 1.30 bits per heavy atom. The van der Waals surface area contributed by atoms with Crippen molar-refractivity contribution in [3.05, 3.63) is 122 Å². The summed E-state index contributed by atoms with van der Waals surface area (Å²) in [6.45, 7) is 18.0. The SMILES string of the molecule is C=CC(=O)Nc1cccc(Nc2nc(Nc3cnc(N4CCN(C(=O)OC(C)(C)C)CC4)cc3OC)ncc2C(F)(F)F)c1.C=CC(=O)Nc1cccc(Nc2nc(Nc3cnc(N4CCN(C(C)=O)CC4)cc3OC)ncc2C(F)(F)F)c1. The first kappa shape index (κ1) is 61.7. The van der Waals surface area contributed by atoms with E-state index >= 15 is 0 Å². The maximum Gasteiger partial charge on any atom is 0.421 e. The molecule has 6 aromatic rings. The predicted molar refractivity (Wildman–Crippen MR) is 304 cm³/mol. The summed E-state index contributed by atoms with van der Waals surface area (Å²) in [7, 11) is 2.90. The molecule has 0 bridgehead atoms. The Kier molecular flexibility index (Phi) is 19.6. The van der Waals surface area contributed by atoms with Gasteiger partial charge >= 0.3 is 18.4 Å². The number of alkyl halides is 6. The van der Waals surface area contributed by atoms with Crippen LogP contribution < -0.4 is 51.2 Å². The lowest BCUT2D eigenvalue weighted by Crippen LogP contribution is -2.50. The number of amides is 4. The highest BCUT2D eigenvalue weighted by Gasteiger charge is 2.37. The molecule has 444 valence electrons. The van der Waals surface area contributed by atoms with E-state index in [0.717, 1.165) is 12.2 Å². The fourth-order valence-electron chi connectivity index (χ4n) is 8.16. The minimum Gasteiger partial charge on any atom is -0.494 e. The van der Waals surface area contributed by atoms with Crippen molar-refractivity contribution in [1.29, 1.82) is 0 Å². The molecular weight excluding hydrogens is 1110 g/mol. The number of halogens is 6. The Balaban J connectivity index is 0.000000242. The molecule has 0 saturated carbocycles. The number of rotatable bonds is 16. The Hall–Kier alpha value is -9.96. The van der Waals surface area contributed by atoms with Crippen LogP contribution in [-0.4, -0.2) is 136 Å². The van der Waals surface area contributed by atoms with Crippen LogP contribution in [0.5, 0.6) is 11.5 Å². The summed E-state index contributed by atoms with van der Waals surface area (Å²) in [5, 5.41) is 16.2. The number of hydrogen-bond donors (Lipinski definition) is 6. The monoisotopic (exact) mass is 1170 g/mol. The summed E-state index contributed by atoms with van der Waals surface area (Å²) < 4.78 is 99.1. The molecule has 6 heterocycles. The Morgan fingerprint density at radius 2 is 0.940 bits per heavy atom. The van der Waals surface area contributed by atoms with E-state index in [4.69, 9.17) is 14.2 Å². The van der Waals surface area contributed by atoms with Crippen LogP contribution in [0.4, 0.5) is 100 Å². The molecule has 0 unspecified atom stereocenters. The maximum atomic E-state index is 13.8. The van der Waals surface area contributed by atoms with Gasteiger partial charge in [-0.2, -0.15) is 36.3 Å². The van der Waals surface area contributed by atoms with E-state index in [1.54, 1.807) is 46.2 Å². The van der Waals surface area contributed by atoms with Gasteiger partial charge in [0.1, 0.15) is 62.9 Å². The number of aromatic nitrogens is 6. The van der Waals surface area contributed by atoms with Crippen LogP contribution in [0.1, 0.15) is 38.8 Å². The van der Waals surface area contributed by atoms with Crippen LogP contribution in [0.25, 0.3) is 0 Å². The first-order valence-corrected chi connectivity index (χ1v) is 25.7. The molecule has 0 aliphatic carbocycles. The third kappa shape index (κ3) is 16.8. The van der Waals surface area contributed by atoms with E-state index in [1.807, 2.05) is 30.6 Å². The number of anilines is 12. The third-order valence-corrected chi connectivity index (χ3v) is 12.3. The molecule has 8 rings (SSSR count). The number of methoxy groups -OCH3 is 2. The molecule has 0 radical (unpaired) electrons. The van der Waals surface area contributed by atoms with Crippen molar-refractivity contribution in [1.82, 2.24) is 39.7 Å². The van der Waals surface area contributed by atoms with Crippen LogP contribution in [0.15, 0.2) is 111 Å². The smallest absolute Gasteiger partial charge is 0.421 e. The van der Waals surface area contributed by atoms with E-state index in [2.05, 4.69) is 75.0 Å². The zero-order valence-corrected chi connectivity index (χ0v) is 46.4. The molecule has 23 nitrogen and oxygen atoms in total. The molecule has 84 heavy (non-hydrogen) atoms. The lowest BCUT2D eigenvalue weighted by atomic mass is 10.2. The van der Waals surface area contributed by atoms with Crippen molar-refractivity contribution in [2.45, 2.75) is 45.6 Å². The van der Waals surface area contributed by atoms with Gasteiger partial charge in [0.05, 0.1) is 26.6 Å². The minimum absolute atomic E-state index is 0.0160. The molecule has 2 saturated heterocycles. The van der Waals surface area contributed by atoms with Gasteiger partial charge in [-0.15, -0.1) is 0 Å². The van der Waals surface area contributed by atoms with Crippen molar-refractivity contribution in [2.75, 3.05) is 108 Å². The van der Waals surface area contributed by atoms with Gasteiger partial charge in [0.25, 0.3) is 0 Å². The molecule has 4 aromatic heterocycles. The molecule has 6 N–H and O–H groups in total. The zero-order chi connectivity index (χ0) is 60.9. The van der Waals surface area contributed by atoms with E-state index in [9.17, 15) is 45.5 Å². The summed E-state index contributed by atoms with van der Waals surface area (Å²) in [6.07, 6.45) is -3.42. The van der Waals surface area contributed by atoms with Crippen molar-refractivity contribution >= 4 is 93.1 Å². The molecule has 4 amide bonds.